The van der Waals surface area contributed by atoms with E-state index in [-0.39, 0.29) is 17.7 Å². The van der Waals surface area contributed by atoms with Crippen molar-refractivity contribution in [2.75, 3.05) is 32.9 Å². The molecule has 1 heterocycles. The summed E-state index contributed by atoms with van der Waals surface area (Å²) in [7, 11) is 0. The molecule has 1 aliphatic heterocycles. The van der Waals surface area contributed by atoms with Crippen molar-refractivity contribution in [1.29, 1.82) is 0 Å². The molecular weight excluding hydrogens is 258 g/mol. The van der Waals surface area contributed by atoms with E-state index in [2.05, 4.69) is 10.2 Å². The zero-order valence-corrected chi connectivity index (χ0v) is 10.9. The molecule has 0 bridgehead atoms. The first-order valence-corrected chi connectivity index (χ1v) is 6.56. The van der Waals surface area contributed by atoms with Gasteiger partial charge in [0.25, 0.3) is 0 Å². The van der Waals surface area contributed by atoms with E-state index >= 15 is 0 Å². The second kappa shape index (κ2) is 6.45. The maximum atomic E-state index is 13.2. The normalized spacial score (nSPS) is 18.8. The van der Waals surface area contributed by atoms with Crippen molar-refractivity contribution in [3.8, 4) is 0 Å². The zero-order chi connectivity index (χ0) is 13.0. The summed E-state index contributed by atoms with van der Waals surface area (Å²) < 4.78 is 25.9. The van der Waals surface area contributed by atoms with Crippen molar-refractivity contribution in [2.45, 2.75) is 12.5 Å². The molecule has 0 aromatic heterocycles. The van der Waals surface area contributed by atoms with Gasteiger partial charge in [0.1, 0.15) is 5.82 Å². The molecule has 1 N–H and O–H groups in total. The molecule has 1 aliphatic rings. The number of halogens is 3. The molecule has 5 heteroatoms. The van der Waals surface area contributed by atoms with Crippen molar-refractivity contribution in [3.05, 3.63) is 34.6 Å². The third-order valence-corrected chi connectivity index (χ3v) is 3.59. The van der Waals surface area contributed by atoms with Crippen LogP contribution in [0.4, 0.5) is 8.78 Å². The Morgan fingerprint density at radius 1 is 1.33 bits per heavy atom. The Morgan fingerprint density at radius 2 is 2.06 bits per heavy atom. The van der Waals surface area contributed by atoms with Crippen LogP contribution >= 0.6 is 11.6 Å². The predicted molar refractivity (Wildman–Crippen MR) is 69.2 cm³/mol. The number of nitrogens with zero attached hydrogens (tertiary/aromatic N) is 1. The molecule has 1 saturated heterocycles. The molecule has 1 aromatic carbocycles. The highest BCUT2D eigenvalue weighted by Gasteiger charge is 2.22. The minimum absolute atomic E-state index is 0.0183. The first-order valence-electron chi connectivity index (χ1n) is 6.18. The van der Waals surface area contributed by atoms with Gasteiger partial charge in [0.15, 0.2) is 0 Å². The molecule has 0 radical (unpaired) electrons. The first-order chi connectivity index (χ1) is 8.72. The summed E-state index contributed by atoms with van der Waals surface area (Å²) in [6.45, 7) is 3.17. The van der Waals surface area contributed by atoms with E-state index in [0.29, 0.717) is 6.42 Å². The van der Waals surface area contributed by atoms with Crippen LogP contribution in [0.5, 0.6) is 0 Å². The van der Waals surface area contributed by atoms with Crippen LogP contribution in [0.3, 0.4) is 0 Å². The van der Waals surface area contributed by atoms with Crippen LogP contribution in [-0.4, -0.2) is 37.8 Å². The molecule has 100 valence electrons. The summed E-state index contributed by atoms with van der Waals surface area (Å²) in [5.74, 6) is -0.431. The summed E-state index contributed by atoms with van der Waals surface area (Å²) in [6, 6.07) is 4.64. The highest BCUT2D eigenvalue weighted by atomic mass is 35.5. The highest BCUT2D eigenvalue weighted by Crippen LogP contribution is 2.28. The molecule has 0 amide bonds. The third-order valence-electron chi connectivity index (χ3n) is 3.30. The topological polar surface area (TPSA) is 15.3 Å². The lowest BCUT2D eigenvalue weighted by molar-refractivity contribution is 0.157. The molecule has 18 heavy (non-hydrogen) atoms. The summed E-state index contributed by atoms with van der Waals surface area (Å²) >= 11 is 5.80. The fraction of sp³-hybridized carbons (Fsp3) is 0.538. The molecule has 0 aliphatic carbocycles. The summed E-state index contributed by atoms with van der Waals surface area (Å²) in [4.78, 5) is 2.22. The standard InChI is InChI=1S/C13H17ClF2N2/c14-11-9-10(1-2-12(11)16)13(3-4-15)18-7-5-17-6-8-18/h1-2,9,13,17H,3-8H2/t13-/m1/s1. The second-order valence-electron chi connectivity index (χ2n) is 4.45. The van der Waals surface area contributed by atoms with Gasteiger partial charge in [-0.3, -0.25) is 9.29 Å². The Labute approximate surface area is 111 Å². The van der Waals surface area contributed by atoms with E-state index < -0.39 is 5.82 Å². The lowest BCUT2D eigenvalue weighted by Gasteiger charge is -2.35. The lowest BCUT2D eigenvalue weighted by atomic mass is 10.0. The van der Waals surface area contributed by atoms with Gasteiger partial charge in [-0.05, 0) is 24.1 Å². The van der Waals surface area contributed by atoms with Gasteiger partial charge >= 0.3 is 0 Å². The maximum absolute atomic E-state index is 13.2. The average Bonchev–Trinajstić information content (AvgIpc) is 2.40. The smallest absolute Gasteiger partial charge is 0.141 e. The second-order valence-corrected chi connectivity index (χ2v) is 4.86. The van der Waals surface area contributed by atoms with Gasteiger partial charge in [-0.25, -0.2) is 4.39 Å². The largest absolute Gasteiger partial charge is 0.314 e. The summed E-state index contributed by atoms with van der Waals surface area (Å²) in [5, 5.41) is 3.37. The highest BCUT2D eigenvalue weighted by molar-refractivity contribution is 6.30. The Hall–Kier alpha value is -0.710. The van der Waals surface area contributed by atoms with Gasteiger partial charge in [0.05, 0.1) is 11.7 Å². The molecular formula is C13H17ClF2N2. The van der Waals surface area contributed by atoms with E-state index in [0.717, 1.165) is 31.7 Å². The zero-order valence-electron chi connectivity index (χ0n) is 10.1. The fourth-order valence-electron chi connectivity index (χ4n) is 2.38. The van der Waals surface area contributed by atoms with Gasteiger partial charge < -0.3 is 5.32 Å². The van der Waals surface area contributed by atoms with Crippen molar-refractivity contribution in [3.63, 3.8) is 0 Å². The van der Waals surface area contributed by atoms with Crippen LogP contribution in [0.1, 0.15) is 18.0 Å². The van der Waals surface area contributed by atoms with Crippen molar-refractivity contribution < 1.29 is 8.78 Å². The van der Waals surface area contributed by atoms with E-state index in [1.165, 1.54) is 6.07 Å². The van der Waals surface area contributed by atoms with Gasteiger partial charge in [0.2, 0.25) is 0 Å². The van der Waals surface area contributed by atoms with Crippen molar-refractivity contribution in [1.82, 2.24) is 10.2 Å². The Morgan fingerprint density at radius 3 is 2.67 bits per heavy atom. The van der Waals surface area contributed by atoms with Gasteiger partial charge in [-0.2, -0.15) is 0 Å². The summed E-state index contributed by atoms with van der Waals surface area (Å²) in [5.41, 5.74) is 0.890. The van der Waals surface area contributed by atoms with Crippen LogP contribution in [0, 0.1) is 5.82 Å². The van der Waals surface area contributed by atoms with Crippen LogP contribution < -0.4 is 5.32 Å². The fourth-order valence-corrected chi connectivity index (χ4v) is 2.57. The minimum atomic E-state index is -0.431. The molecule has 0 unspecified atom stereocenters. The third kappa shape index (κ3) is 3.19. The van der Waals surface area contributed by atoms with E-state index in [1.54, 1.807) is 12.1 Å². The predicted octanol–water partition coefficient (Wildman–Crippen LogP) is 2.79. The van der Waals surface area contributed by atoms with Gasteiger partial charge in [-0.15, -0.1) is 0 Å². The molecule has 1 aromatic rings. The number of piperazine rings is 1. The quantitative estimate of drug-likeness (QED) is 0.908. The molecule has 0 saturated carbocycles. The van der Waals surface area contributed by atoms with Crippen LogP contribution in [0.25, 0.3) is 0 Å². The van der Waals surface area contributed by atoms with Crippen LogP contribution in [-0.2, 0) is 0 Å². The molecule has 1 atom stereocenters. The molecule has 2 nitrogen and oxygen atoms in total. The minimum Gasteiger partial charge on any atom is -0.314 e. The number of alkyl halides is 1. The van der Waals surface area contributed by atoms with E-state index in [9.17, 15) is 8.78 Å². The Balaban J connectivity index is 2.19. The van der Waals surface area contributed by atoms with Crippen molar-refractivity contribution in [2.24, 2.45) is 0 Å². The van der Waals surface area contributed by atoms with Crippen LogP contribution in [0.2, 0.25) is 5.02 Å². The van der Waals surface area contributed by atoms with Crippen molar-refractivity contribution >= 4 is 11.6 Å². The van der Waals surface area contributed by atoms with E-state index in [4.69, 9.17) is 11.6 Å². The Bertz CT molecular complexity index is 395. The maximum Gasteiger partial charge on any atom is 0.141 e. The lowest BCUT2D eigenvalue weighted by Crippen LogP contribution is -2.45. The Kier molecular flexibility index (Phi) is 4.92. The average molecular weight is 275 g/mol. The SMILES string of the molecule is FCC[C@H](c1ccc(F)c(Cl)c1)N1CCNCC1. The number of nitrogens with one attached hydrogen (secondary N) is 1. The number of hydrogen-bond acceptors (Lipinski definition) is 2. The van der Waals surface area contributed by atoms with Gasteiger partial charge in [-0.1, -0.05) is 17.7 Å². The number of benzene rings is 1. The van der Waals surface area contributed by atoms with Crippen LogP contribution in [0.15, 0.2) is 18.2 Å². The monoisotopic (exact) mass is 274 g/mol. The number of hydrogen-bond donors (Lipinski definition) is 1. The molecule has 1 fully saturated rings. The first kappa shape index (κ1) is 13.7. The van der Waals surface area contributed by atoms with E-state index in [1.807, 2.05) is 0 Å². The van der Waals surface area contributed by atoms with Gasteiger partial charge in [0, 0.05) is 32.2 Å². The number of rotatable bonds is 4. The molecule has 0 spiro atoms. The molecule has 2 rings (SSSR count). The summed E-state index contributed by atoms with van der Waals surface area (Å²) in [6.07, 6.45) is 0.419.